The Morgan fingerprint density at radius 3 is 2.00 bits per heavy atom. The SMILES string of the molecule is CCCCNC(C)(CC)P(=O)(OCC)OCC. The van der Waals surface area contributed by atoms with Gasteiger partial charge in [-0.1, -0.05) is 20.3 Å². The average Bonchev–Trinajstić information content (AvgIpc) is 2.29. The van der Waals surface area contributed by atoms with Gasteiger partial charge >= 0.3 is 7.60 Å². The number of nitrogens with one attached hydrogen (secondary N) is 1. The zero-order chi connectivity index (χ0) is 13.4. The lowest BCUT2D eigenvalue weighted by molar-refractivity contribution is 0.187. The molecule has 0 aliphatic rings. The predicted molar refractivity (Wildman–Crippen MR) is 72.5 cm³/mol. The molecule has 0 aromatic heterocycles. The van der Waals surface area contributed by atoms with Gasteiger partial charge in [0.2, 0.25) is 0 Å². The molecule has 0 bridgehead atoms. The van der Waals surface area contributed by atoms with Crippen molar-refractivity contribution in [1.29, 1.82) is 0 Å². The summed E-state index contributed by atoms with van der Waals surface area (Å²) in [6.45, 7) is 11.4. The first-order valence-electron chi connectivity index (χ1n) is 6.63. The van der Waals surface area contributed by atoms with Crippen LogP contribution in [0.15, 0.2) is 0 Å². The Bertz CT molecular complexity index is 238. The van der Waals surface area contributed by atoms with Gasteiger partial charge in [0, 0.05) is 0 Å². The molecule has 0 spiro atoms. The quantitative estimate of drug-likeness (QED) is 0.482. The van der Waals surface area contributed by atoms with Crippen LogP contribution in [0.4, 0.5) is 0 Å². The molecule has 17 heavy (non-hydrogen) atoms. The van der Waals surface area contributed by atoms with E-state index in [0.717, 1.165) is 19.4 Å². The molecule has 0 amide bonds. The van der Waals surface area contributed by atoms with E-state index >= 15 is 0 Å². The Morgan fingerprint density at radius 2 is 1.65 bits per heavy atom. The Morgan fingerprint density at radius 1 is 1.12 bits per heavy atom. The summed E-state index contributed by atoms with van der Waals surface area (Å²) in [6.07, 6.45) is 2.89. The molecular weight excluding hydrogens is 237 g/mol. The lowest BCUT2D eigenvalue weighted by Gasteiger charge is -2.36. The highest BCUT2D eigenvalue weighted by atomic mass is 31.2. The zero-order valence-electron chi connectivity index (χ0n) is 11.9. The van der Waals surface area contributed by atoms with Crippen LogP contribution in [0.2, 0.25) is 0 Å². The van der Waals surface area contributed by atoms with Crippen LogP contribution in [0, 0.1) is 0 Å². The summed E-state index contributed by atoms with van der Waals surface area (Å²) < 4.78 is 23.6. The first kappa shape index (κ1) is 17.1. The van der Waals surface area contributed by atoms with Crippen molar-refractivity contribution in [2.24, 2.45) is 0 Å². The van der Waals surface area contributed by atoms with E-state index in [-0.39, 0.29) is 0 Å². The van der Waals surface area contributed by atoms with Crippen molar-refractivity contribution >= 4 is 7.60 Å². The van der Waals surface area contributed by atoms with Crippen molar-refractivity contribution in [3.8, 4) is 0 Å². The summed E-state index contributed by atoms with van der Waals surface area (Å²) >= 11 is 0. The summed E-state index contributed by atoms with van der Waals surface area (Å²) in [4.78, 5) is 0. The maximum atomic E-state index is 12.8. The lowest BCUT2D eigenvalue weighted by Crippen LogP contribution is -2.43. The molecule has 0 aromatic carbocycles. The highest BCUT2D eigenvalue weighted by molar-refractivity contribution is 7.55. The second kappa shape index (κ2) is 8.25. The topological polar surface area (TPSA) is 47.6 Å². The van der Waals surface area contributed by atoms with E-state index in [4.69, 9.17) is 9.05 Å². The molecule has 0 aliphatic carbocycles. The molecule has 0 heterocycles. The molecule has 1 N–H and O–H groups in total. The van der Waals surface area contributed by atoms with Crippen LogP contribution in [-0.4, -0.2) is 25.0 Å². The maximum Gasteiger partial charge on any atom is 0.350 e. The summed E-state index contributed by atoms with van der Waals surface area (Å²) in [7, 11) is -3.09. The van der Waals surface area contributed by atoms with E-state index < -0.39 is 12.9 Å². The summed E-state index contributed by atoms with van der Waals surface area (Å²) in [5.74, 6) is 0. The van der Waals surface area contributed by atoms with E-state index in [1.54, 1.807) is 0 Å². The van der Waals surface area contributed by atoms with Crippen molar-refractivity contribution in [3.05, 3.63) is 0 Å². The van der Waals surface area contributed by atoms with Gasteiger partial charge in [0.25, 0.3) is 0 Å². The third-order valence-corrected chi connectivity index (χ3v) is 5.81. The van der Waals surface area contributed by atoms with Crippen molar-refractivity contribution in [3.63, 3.8) is 0 Å². The smallest absolute Gasteiger partial charge is 0.308 e. The van der Waals surface area contributed by atoms with Crippen molar-refractivity contribution in [1.82, 2.24) is 5.32 Å². The van der Waals surface area contributed by atoms with Gasteiger partial charge in [-0.2, -0.15) is 0 Å². The molecular formula is C12H28NO3P. The third-order valence-electron chi connectivity index (χ3n) is 2.93. The number of unbranched alkanes of at least 4 members (excludes halogenated alkanes) is 1. The second-order valence-electron chi connectivity index (χ2n) is 4.24. The van der Waals surface area contributed by atoms with Gasteiger partial charge in [0.15, 0.2) is 0 Å². The molecule has 104 valence electrons. The van der Waals surface area contributed by atoms with Crippen LogP contribution in [0.5, 0.6) is 0 Å². The van der Waals surface area contributed by atoms with Gasteiger partial charge in [-0.25, -0.2) is 0 Å². The monoisotopic (exact) mass is 265 g/mol. The molecule has 5 heteroatoms. The summed E-state index contributed by atoms with van der Waals surface area (Å²) in [6, 6.07) is 0. The van der Waals surface area contributed by atoms with Crippen molar-refractivity contribution in [2.45, 2.75) is 59.2 Å². The van der Waals surface area contributed by atoms with Crippen LogP contribution >= 0.6 is 7.60 Å². The van der Waals surface area contributed by atoms with Gasteiger partial charge in [-0.05, 0) is 40.2 Å². The van der Waals surface area contributed by atoms with Crippen LogP contribution < -0.4 is 5.32 Å². The highest BCUT2D eigenvalue weighted by Gasteiger charge is 2.45. The first-order chi connectivity index (χ1) is 7.99. The molecule has 4 nitrogen and oxygen atoms in total. The third kappa shape index (κ3) is 4.70. The van der Waals surface area contributed by atoms with E-state index in [1.807, 2.05) is 27.7 Å². The van der Waals surface area contributed by atoms with Gasteiger partial charge in [0.05, 0.1) is 13.2 Å². The molecule has 1 unspecified atom stereocenters. The fraction of sp³-hybridized carbons (Fsp3) is 1.00. The van der Waals surface area contributed by atoms with Gasteiger partial charge in [0.1, 0.15) is 5.28 Å². The molecule has 0 saturated heterocycles. The predicted octanol–water partition coefficient (Wildman–Crippen LogP) is 3.77. The van der Waals surface area contributed by atoms with Gasteiger partial charge in [-0.3, -0.25) is 4.57 Å². The highest BCUT2D eigenvalue weighted by Crippen LogP contribution is 2.59. The maximum absolute atomic E-state index is 12.8. The molecule has 0 aliphatic heterocycles. The Hall–Kier alpha value is 0.110. The van der Waals surface area contributed by atoms with Gasteiger partial charge in [-0.15, -0.1) is 0 Å². The molecule has 0 aromatic rings. The Balaban J connectivity index is 4.79. The molecule has 0 radical (unpaired) electrons. The first-order valence-corrected chi connectivity index (χ1v) is 8.18. The average molecular weight is 265 g/mol. The van der Waals surface area contributed by atoms with Crippen LogP contribution in [0.3, 0.4) is 0 Å². The minimum Gasteiger partial charge on any atom is -0.308 e. The minimum atomic E-state index is -3.09. The summed E-state index contributed by atoms with van der Waals surface area (Å²) in [5.41, 5.74) is 0. The van der Waals surface area contributed by atoms with Gasteiger partial charge < -0.3 is 14.4 Å². The van der Waals surface area contributed by atoms with Crippen LogP contribution in [0.1, 0.15) is 53.9 Å². The molecule has 0 fully saturated rings. The van der Waals surface area contributed by atoms with E-state index in [9.17, 15) is 4.57 Å². The van der Waals surface area contributed by atoms with Crippen molar-refractivity contribution < 1.29 is 13.6 Å². The zero-order valence-corrected chi connectivity index (χ0v) is 12.8. The number of hydrogen-bond acceptors (Lipinski definition) is 4. The Kier molecular flexibility index (Phi) is 8.31. The van der Waals surface area contributed by atoms with E-state index in [2.05, 4.69) is 12.2 Å². The largest absolute Gasteiger partial charge is 0.350 e. The van der Waals surface area contributed by atoms with E-state index in [1.165, 1.54) is 0 Å². The molecule has 0 saturated carbocycles. The Labute approximate surface area is 106 Å². The van der Waals surface area contributed by atoms with Crippen molar-refractivity contribution in [2.75, 3.05) is 19.8 Å². The molecule has 0 rings (SSSR count). The fourth-order valence-electron chi connectivity index (χ4n) is 1.61. The second-order valence-corrected chi connectivity index (χ2v) is 6.74. The standard InChI is InChI=1S/C12H28NO3P/c1-6-10-11-13-12(5,7-2)17(14,15-8-3)16-9-4/h13H,6-11H2,1-5H3. The fourth-order valence-corrected chi connectivity index (χ4v) is 3.63. The number of hydrogen-bond donors (Lipinski definition) is 1. The lowest BCUT2D eigenvalue weighted by atomic mass is 10.2. The van der Waals surface area contributed by atoms with Crippen LogP contribution in [-0.2, 0) is 13.6 Å². The summed E-state index contributed by atoms with van der Waals surface area (Å²) in [5, 5.41) is 2.75. The minimum absolute atomic E-state index is 0.405. The van der Waals surface area contributed by atoms with Crippen LogP contribution in [0.25, 0.3) is 0 Å². The van der Waals surface area contributed by atoms with E-state index in [0.29, 0.717) is 19.6 Å². The normalized spacial score (nSPS) is 15.8. The number of rotatable bonds is 10. The molecule has 1 atom stereocenters.